The molecular formula is C7H16BFO. The van der Waals surface area contributed by atoms with Crippen molar-refractivity contribution in [2.45, 2.75) is 32.8 Å². The van der Waals surface area contributed by atoms with Crippen LogP contribution in [0.1, 0.15) is 27.2 Å². The number of aliphatic hydroxyl groups is 1. The maximum Gasteiger partial charge on any atom is 0.153 e. The van der Waals surface area contributed by atoms with Crippen LogP contribution in [0.2, 0.25) is 0 Å². The van der Waals surface area contributed by atoms with E-state index in [4.69, 9.17) is 5.11 Å². The van der Waals surface area contributed by atoms with Gasteiger partial charge in [0, 0.05) is 0 Å². The fraction of sp³-hybridized carbons (Fsp3) is 1.00. The van der Waals surface area contributed by atoms with E-state index >= 15 is 0 Å². The lowest BCUT2D eigenvalue weighted by Crippen LogP contribution is -2.33. The maximum absolute atomic E-state index is 13.1. The van der Waals surface area contributed by atoms with Crippen molar-refractivity contribution < 1.29 is 9.50 Å². The molecule has 0 saturated carbocycles. The van der Waals surface area contributed by atoms with Gasteiger partial charge in [-0.2, -0.15) is 0 Å². The molecule has 0 aliphatic rings. The molecule has 1 unspecified atom stereocenters. The molecule has 0 aromatic carbocycles. The fourth-order valence-corrected chi connectivity index (χ4v) is 1.16. The standard InChI is InChI=1S/C7H16BFO/c1-6(2,3)4-7(8,9)5-10/h10H,4-5,8H2,1-3H3. The summed E-state index contributed by atoms with van der Waals surface area (Å²) in [5.41, 5.74) is -1.47. The lowest BCUT2D eigenvalue weighted by Gasteiger charge is -2.27. The topological polar surface area (TPSA) is 20.2 Å². The second kappa shape index (κ2) is 2.91. The first kappa shape index (κ1) is 9.95. The summed E-state index contributed by atoms with van der Waals surface area (Å²) in [4.78, 5) is 0. The minimum Gasteiger partial charge on any atom is -0.394 e. The first-order chi connectivity index (χ1) is 4.27. The van der Waals surface area contributed by atoms with E-state index in [2.05, 4.69) is 0 Å². The summed E-state index contributed by atoms with van der Waals surface area (Å²) >= 11 is 0. The van der Waals surface area contributed by atoms with E-state index in [-0.39, 0.29) is 12.0 Å². The Hall–Kier alpha value is -0.0451. The Labute approximate surface area is 63.0 Å². The van der Waals surface area contributed by atoms with Gasteiger partial charge in [-0.15, -0.1) is 0 Å². The summed E-state index contributed by atoms with van der Waals surface area (Å²) in [5.74, 6) is 0. The monoisotopic (exact) mass is 146 g/mol. The average molecular weight is 146 g/mol. The summed E-state index contributed by atoms with van der Waals surface area (Å²) in [6.07, 6.45) is 0.399. The molecule has 0 amide bonds. The molecule has 0 aromatic rings. The van der Waals surface area contributed by atoms with Crippen LogP contribution in [0.4, 0.5) is 4.39 Å². The van der Waals surface area contributed by atoms with Gasteiger partial charge in [-0.3, -0.25) is 4.39 Å². The zero-order valence-electron chi connectivity index (χ0n) is 7.24. The summed E-state index contributed by atoms with van der Waals surface area (Å²) in [6, 6.07) is 0. The molecule has 0 aromatic heterocycles. The second-order valence-corrected chi connectivity index (χ2v) is 4.31. The normalized spacial score (nSPS) is 18.5. The zero-order valence-corrected chi connectivity index (χ0v) is 7.24. The minimum atomic E-state index is -1.42. The Morgan fingerprint density at radius 1 is 1.40 bits per heavy atom. The van der Waals surface area contributed by atoms with Crippen molar-refractivity contribution in [1.82, 2.24) is 0 Å². The van der Waals surface area contributed by atoms with E-state index in [1.807, 2.05) is 20.8 Å². The van der Waals surface area contributed by atoms with Crippen molar-refractivity contribution in [2.24, 2.45) is 5.41 Å². The molecule has 1 atom stereocenters. The Bertz CT molecular complexity index is 107. The first-order valence-corrected chi connectivity index (χ1v) is 3.57. The van der Waals surface area contributed by atoms with Crippen molar-refractivity contribution >= 4 is 7.85 Å². The van der Waals surface area contributed by atoms with Crippen molar-refractivity contribution in [1.29, 1.82) is 0 Å². The third kappa shape index (κ3) is 4.80. The Balaban J connectivity index is 3.89. The van der Waals surface area contributed by atoms with Crippen LogP contribution >= 0.6 is 0 Å². The van der Waals surface area contributed by atoms with Crippen LogP contribution in [0.15, 0.2) is 0 Å². The Morgan fingerprint density at radius 3 is 1.90 bits per heavy atom. The van der Waals surface area contributed by atoms with E-state index < -0.39 is 5.57 Å². The van der Waals surface area contributed by atoms with E-state index in [1.165, 1.54) is 7.85 Å². The first-order valence-electron chi connectivity index (χ1n) is 3.57. The lowest BCUT2D eigenvalue weighted by molar-refractivity contribution is 0.101. The van der Waals surface area contributed by atoms with Gasteiger partial charge in [-0.05, 0) is 11.8 Å². The smallest absolute Gasteiger partial charge is 0.153 e. The number of aliphatic hydroxyl groups excluding tert-OH is 1. The molecular weight excluding hydrogens is 130 g/mol. The van der Waals surface area contributed by atoms with Gasteiger partial charge in [0.15, 0.2) is 7.85 Å². The second-order valence-electron chi connectivity index (χ2n) is 4.31. The van der Waals surface area contributed by atoms with E-state index in [0.29, 0.717) is 6.42 Å². The van der Waals surface area contributed by atoms with Gasteiger partial charge >= 0.3 is 0 Å². The van der Waals surface area contributed by atoms with Gasteiger partial charge < -0.3 is 5.11 Å². The highest BCUT2D eigenvalue weighted by Crippen LogP contribution is 2.27. The van der Waals surface area contributed by atoms with Crippen molar-refractivity contribution in [3.63, 3.8) is 0 Å². The average Bonchev–Trinajstić information content (AvgIpc) is 1.60. The lowest BCUT2D eigenvalue weighted by atomic mass is 9.72. The Morgan fingerprint density at radius 2 is 1.80 bits per heavy atom. The molecule has 1 N–H and O–H groups in total. The Kier molecular flexibility index (Phi) is 2.90. The van der Waals surface area contributed by atoms with E-state index in [0.717, 1.165) is 0 Å². The molecule has 0 radical (unpaired) electrons. The summed E-state index contributed by atoms with van der Waals surface area (Å²) < 4.78 is 13.1. The molecule has 0 saturated heterocycles. The predicted molar refractivity (Wildman–Crippen MR) is 43.5 cm³/mol. The highest BCUT2D eigenvalue weighted by atomic mass is 19.1. The molecule has 0 aliphatic carbocycles. The molecule has 3 heteroatoms. The molecule has 0 heterocycles. The zero-order chi connectivity index (χ0) is 8.41. The van der Waals surface area contributed by atoms with Gasteiger partial charge in [0.2, 0.25) is 0 Å². The molecule has 0 rings (SSSR count). The van der Waals surface area contributed by atoms with Crippen LogP contribution < -0.4 is 0 Å². The van der Waals surface area contributed by atoms with E-state index in [1.54, 1.807) is 0 Å². The van der Waals surface area contributed by atoms with Gasteiger partial charge in [0.05, 0.1) is 12.2 Å². The number of halogens is 1. The van der Waals surface area contributed by atoms with Crippen LogP contribution in [0, 0.1) is 5.41 Å². The largest absolute Gasteiger partial charge is 0.394 e. The minimum absolute atomic E-state index is 0.0494. The third-order valence-corrected chi connectivity index (χ3v) is 1.23. The number of rotatable bonds is 2. The van der Waals surface area contributed by atoms with Crippen LogP contribution in [0.3, 0.4) is 0 Å². The SMILES string of the molecule is BC(F)(CO)CC(C)(C)C. The molecule has 1 nitrogen and oxygen atoms in total. The molecule has 0 aliphatic heterocycles. The van der Waals surface area contributed by atoms with Gasteiger partial charge in [0.25, 0.3) is 0 Å². The van der Waals surface area contributed by atoms with Crippen LogP contribution in [-0.2, 0) is 0 Å². The fourth-order valence-electron chi connectivity index (χ4n) is 1.16. The quantitative estimate of drug-likeness (QED) is 0.569. The summed E-state index contributed by atoms with van der Waals surface area (Å²) in [7, 11) is 1.43. The van der Waals surface area contributed by atoms with Crippen LogP contribution in [0.5, 0.6) is 0 Å². The molecule has 10 heavy (non-hydrogen) atoms. The van der Waals surface area contributed by atoms with E-state index in [9.17, 15) is 4.39 Å². The molecule has 0 spiro atoms. The highest BCUT2D eigenvalue weighted by molar-refractivity contribution is 6.14. The van der Waals surface area contributed by atoms with Gasteiger partial charge in [-0.1, -0.05) is 20.8 Å². The number of hydrogen-bond acceptors (Lipinski definition) is 1. The van der Waals surface area contributed by atoms with Crippen LogP contribution in [-0.4, -0.2) is 25.1 Å². The van der Waals surface area contributed by atoms with Crippen LogP contribution in [0.25, 0.3) is 0 Å². The predicted octanol–water partition coefficient (Wildman–Crippen LogP) is 0.714. The van der Waals surface area contributed by atoms with Crippen molar-refractivity contribution in [2.75, 3.05) is 6.61 Å². The third-order valence-electron chi connectivity index (χ3n) is 1.23. The number of hydrogen-bond donors (Lipinski definition) is 1. The van der Waals surface area contributed by atoms with Crippen molar-refractivity contribution in [3.8, 4) is 0 Å². The van der Waals surface area contributed by atoms with Crippen molar-refractivity contribution in [3.05, 3.63) is 0 Å². The molecule has 60 valence electrons. The molecule has 0 bridgehead atoms. The summed E-state index contributed by atoms with van der Waals surface area (Å²) in [5, 5.41) is 8.58. The summed E-state index contributed by atoms with van der Waals surface area (Å²) in [6.45, 7) is 5.49. The number of alkyl halides is 1. The molecule has 0 fully saturated rings. The van der Waals surface area contributed by atoms with Gasteiger partial charge in [0.1, 0.15) is 0 Å². The highest BCUT2D eigenvalue weighted by Gasteiger charge is 2.28. The van der Waals surface area contributed by atoms with Gasteiger partial charge in [-0.25, -0.2) is 0 Å². The maximum atomic E-state index is 13.1.